The third-order valence-electron chi connectivity index (χ3n) is 6.02. The summed E-state index contributed by atoms with van der Waals surface area (Å²) < 4.78 is 90.6. The molecule has 1 aromatic carbocycles. The summed E-state index contributed by atoms with van der Waals surface area (Å²) in [5.74, 6) is -0.968. The average Bonchev–Trinajstić information content (AvgIpc) is 3.25. The predicted molar refractivity (Wildman–Crippen MR) is 137 cm³/mol. The van der Waals surface area contributed by atoms with Gasteiger partial charge in [-0.05, 0) is 44.5 Å². The van der Waals surface area contributed by atoms with Gasteiger partial charge in [0, 0.05) is 35.3 Å². The van der Waals surface area contributed by atoms with E-state index in [2.05, 4.69) is 20.7 Å². The quantitative estimate of drug-likeness (QED) is 0.440. The number of carbonyl (C=O) groups excluding carboxylic acids is 2. The van der Waals surface area contributed by atoms with Gasteiger partial charge in [0.1, 0.15) is 11.8 Å². The zero-order valence-corrected chi connectivity index (χ0v) is 22.7. The van der Waals surface area contributed by atoms with Gasteiger partial charge in [-0.15, -0.1) is 0 Å². The van der Waals surface area contributed by atoms with Crippen molar-refractivity contribution in [1.29, 1.82) is 0 Å². The molecular formula is C25H27F6N5O3S. The molecule has 0 bridgehead atoms. The highest BCUT2D eigenvalue weighted by Gasteiger charge is 2.52. The molecule has 0 aliphatic carbocycles. The lowest BCUT2D eigenvalue weighted by molar-refractivity contribution is -0.180. The molecule has 0 saturated carbocycles. The highest BCUT2D eigenvalue weighted by Crippen LogP contribution is 2.36. The van der Waals surface area contributed by atoms with Crippen LogP contribution in [0.15, 0.2) is 35.4 Å². The van der Waals surface area contributed by atoms with E-state index in [0.717, 1.165) is 0 Å². The molecule has 3 atom stereocenters. The van der Waals surface area contributed by atoms with E-state index in [1.165, 1.54) is 31.4 Å². The molecule has 1 aliphatic heterocycles. The van der Waals surface area contributed by atoms with Crippen LogP contribution in [-0.2, 0) is 17.3 Å². The Morgan fingerprint density at radius 2 is 1.77 bits per heavy atom. The lowest BCUT2D eigenvalue weighted by Crippen LogP contribution is -2.40. The number of hydrogen-bond donors (Lipinski definition) is 2. The molecule has 2 heterocycles. The summed E-state index contributed by atoms with van der Waals surface area (Å²) in [6.07, 6.45) is -9.75. The molecule has 15 heteroatoms. The molecule has 8 nitrogen and oxygen atoms in total. The second-order valence-electron chi connectivity index (χ2n) is 9.41. The summed E-state index contributed by atoms with van der Waals surface area (Å²) in [4.78, 5) is 30.2. The lowest BCUT2D eigenvalue weighted by Gasteiger charge is -2.25. The van der Waals surface area contributed by atoms with Crippen LogP contribution in [0.25, 0.3) is 0 Å². The minimum absolute atomic E-state index is 0.00912. The van der Waals surface area contributed by atoms with E-state index in [4.69, 9.17) is 0 Å². The van der Waals surface area contributed by atoms with Gasteiger partial charge in [0.05, 0.1) is 34.7 Å². The molecule has 1 aliphatic rings. The molecule has 0 spiro atoms. The van der Waals surface area contributed by atoms with Gasteiger partial charge >= 0.3 is 12.4 Å². The number of benzene rings is 1. The molecule has 2 N–H and O–H groups in total. The summed E-state index contributed by atoms with van der Waals surface area (Å²) in [7, 11) is -1.15. The number of hydrazone groups is 1. The second kappa shape index (κ2) is 11.9. The Kier molecular flexibility index (Phi) is 9.27. The smallest absolute Gasteiger partial charge is 0.349 e. The Labute approximate surface area is 228 Å². The standard InChI is InChI=1S/C25H27F6N5O3S/c1-13-6-5-7-17(21(13)23(38)32-14(2)12-40(4)39)22(37)34-18-9-8-16(33-15(18)3)11-36-20(25(29,30)31)10-19(35-36)24(26,27)28/h5-9,14,20H,10-12H2,1-4H3,(H,32,38)(H,34,37)/t14-,20?,40?/m0/s1. The van der Waals surface area contributed by atoms with Crippen LogP contribution in [0, 0.1) is 13.8 Å². The van der Waals surface area contributed by atoms with E-state index in [0.29, 0.717) is 10.6 Å². The molecule has 40 heavy (non-hydrogen) atoms. The van der Waals surface area contributed by atoms with Crippen molar-refractivity contribution in [3.8, 4) is 0 Å². The van der Waals surface area contributed by atoms with Gasteiger partial charge in [0.15, 0.2) is 0 Å². The predicted octanol–water partition coefficient (Wildman–Crippen LogP) is 4.50. The number of alkyl halides is 6. The van der Waals surface area contributed by atoms with Crippen molar-refractivity contribution < 1.29 is 40.1 Å². The van der Waals surface area contributed by atoms with Crippen molar-refractivity contribution in [3.05, 3.63) is 58.4 Å². The van der Waals surface area contributed by atoms with Gasteiger partial charge in [-0.25, -0.2) is 0 Å². The Balaban J connectivity index is 1.80. The van der Waals surface area contributed by atoms with Crippen molar-refractivity contribution in [2.45, 2.75) is 58.2 Å². The second-order valence-corrected chi connectivity index (χ2v) is 10.9. The number of aryl methyl sites for hydroxylation is 2. The van der Waals surface area contributed by atoms with Crippen LogP contribution in [-0.4, -0.2) is 68.2 Å². The minimum atomic E-state index is -4.99. The number of halogens is 6. The maximum Gasteiger partial charge on any atom is 0.431 e. The van der Waals surface area contributed by atoms with Crippen LogP contribution in [0.2, 0.25) is 0 Å². The highest BCUT2D eigenvalue weighted by atomic mass is 32.2. The first-order valence-corrected chi connectivity index (χ1v) is 13.7. The largest absolute Gasteiger partial charge is 0.431 e. The van der Waals surface area contributed by atoms with E-state index < -0.39 is 65.7 Å². The zero-order chi connectivity index (χ0) is 30.0. The van der Waals surface area contributed by atoms with Gasteiger partial charge < -0.3 is 10.6 Å². The third-order valence-corrected chi connectivity index (χ3v) is 6.99. The van der Waals surface area contributed by atoms with Crippen LogP contribution in [0.5, 0.6) is 0 Å². The number of pyridine rings is 1. The summed E-state index contributed by atoms with van der Waals surface area (Å²) in [6, 6.07) is 4.44. The van der Waals surface area contributed by atoms with Gasteiger partial charge in [-0.3, -0.25) is 23.8 Å². The molecule has 2 unspecified atom stereocenters. The number of carbonyl (C=O) groups is 2. The van der Waals surface area contributed by atoms with Crippen molar-refractivity contribution in [2.75, 3.05) is 17.3 Å². The van der Waals surface area contributed by atoms with Gasteiger partial charge in [0.25, 0.3) is 11.8 Å². The maximum absolute atomic E-state index is 13.4. The molecule has 0 fully saturated rings. The fraction of sp³-hybridized carbons (Fsp3) is 0.440. The fourth-order valence-electron chi connectivity index (χ4n) is 4.19. The van der Waals surface area contributed by atoms with Crippen LogP contribution < -0.4 is 10.6 Å². The summed E-state index contributed by atoms with van der Waals surface area (Å²) in [6.45, 7) is 4.16. The first kappa shape index (κ1) is 31.0. The number of hydrogen-bond acceptors (Lipinski definition) is 6. The Morgan fingerprint density at radius 1 is 1.10 bits per heavy atom. The van der Waals surface area contributed by atoms with Crippen LogP contribution in [0.1, 0.15) is 51.0 Å². The summed E-state index contributed by atoms with van der Waals surface area (Å²) in [5, 5.41) is 8.80. The highest BCUT2D eigenvalue weighted by molar-refractivity contribution is 7.84. The molecule has 0 saturated heterocycles. The van der Waals surface area contributed by atoms with E-state index in [1.54, 1.807) is 26.0 Å². The summed E-state index contributed by atoms with van der Waals surface area (Å²) >= 11 is 0. The normalized spacial score (nSPS) is 17.3. The van der Waals surface area contributed by atoms with E-state index >= 15 is 0 Å². The van der Waals surface area contributed by atoms with Gasteiger partial charge in [0.2, 0.25) is 0 Å². The number of rotatable bonds is 8. The molecule has 2 aromatic rings. The number of nitrogens with zero attached hydrogens (tertiary/aromatic N) is 3. The number of aromatic nitrogens is 1. The third kappa shape index (κ3) is 7.58. The molecule has 218 valence electrons. The number of nitrogens with one attached hydrogen (secondary N) is 2. The van der Waals surface area contributed by atoms with E-state index in [-0.39, 0.29) is 34.0 Å². The van der Waals surface area contributed by atoms with Crippen molar-refractivity contribution >= 4 is 34.0 Å². The molecular weight excluding hydrogens is 564 g/mol. The Hall–Kier alpha value is -3.49. The number of amides is 2. The SMILES string of the molecule is Cc1cccc(C(=O)Nc2ccc(CN3N=C(C(F)(F)F)CC3C(F)(F)F)nc2C)c1C(=O)N[C@@H](C)CS(C)=O. The van der Waals surface area contributed by atoms with Crippen LogP contribution >= 0.6 is 0 Å². The van der Waals surface area contributed by atoms with Crippen LogP contribution in [0.4, 0.5) is 32.0 Å². The monoisotopic (exact) mass is 591 g/mol. The Morgan fingerprint density at radius 3 is 2.35 bits per heavy atom. The molecule has 0 radical (unpaired) electrons. The van der Waals surface area contributed by atoms with Crippen molar-refractivity contribution in [1.82, 2.24) is 15.3 Å². The van der Waals surface area contributed by atoms with Crippen LogP contribution in [0.3, 0.4) is 0 Å². The van der Waals surface area contributed by atoms with Crippen molar-refractivity contribution in [2.24, 2.45) is 5.10 Å². The molecule has 2 amide bonds. The van der Waals surface area contributed by atoms with Crippen molar-refractivity contribution in [3.63, 3.8) is 0 Å². The van der Waals surface area contributed by atoms with Gasteiger partial charge in [-0.1, -0.05) is 12.1 Å². The van der Waals surface area contributed by atoms with Gasteiger partial charge in [-0.2, -0.15) is 31.4 Å². The number of anilines is 1. The molecule has 1 aromatic heterocycles. The van der Waals surface area contributed by atoms with E-state index in [1.807, 2.05) is 0 Å². The Bertz CT molecular complexity index is 1350. The average molecular weight is 592 g/mol. The fourth-order valence-corrected chi connectivity index (χ4v) is 4.98. The first-order chi connectivity index (χ1) is 18.5. The topological polar surface area (TPSA) is 104 Å². The van der Waals surface area contributed by atoms with E-state index in [9.17, 15) is 40.1 Å². The maximum atomic E-state index is 13.4. The minimum Gasteiger partial charge on any atom is -0.349 e. The summed E-state index contributed by atoms with van der Waals surface area (Å²) in [5.41, 5.74) is -0.466. The molecule has 3 rings (SSSR count). The zero-order valence-electron chi connectivity index (χ0n) is 21.9. The lowest BCUT2D eigenvalue weighted by atomic mass is 10.00. The first-order valence-electron chi connectivity index (χ1n) is 11.9.